The maximum Gasteiger partial charge on any atom is 0.197 e. The molecule has 30 heavy (non-hydrogen) atoms. The summed E-state index contributed by atoms with van der Waals surface area (Å²) in [6.45, 7) is 4.06. The lowest BCUT2D eigenvalue weighted by Gasteiger charge is -2.27. The Hall–Kier alpha value is -3.02. The van der Waals surface area contributed by atoms with E-state index in [1.165, 1.54) is 0 Å². The molecule has 150 valence electrons. The van der Waals surface area contributed by atoms with Gasteiger partial charge in [-0.25, -0.2) is 9.97 Å². The van der Waals surface area contributed by atoms with Gasteiger partial charge < -0.3 is 4.42 Å². The zero-order chi connectivity index (χ0) is 20.7. The average molecular weight is 418 g/mol. The molecule has 0 atom stereocenters. The van der Waals surface area contributed by atoms with Crippen molar-refractivity contribution < 1.29 is 4.42 Å². The second kappa shape index (κ2) is 7.67. The number of fused-ring (bicyclic) bond motifs is 2. The van der Waals surface area contributed by atoms with Gasteiger partial charge in [0.2, 0.25) is 0 Å². The summed E-state index contributed by atoms with van der Waals surface area (Å²) >= 11 is 5.97. The summed E-state index contributed by atoms with van der Waals surface area (Å²) in [6, 6.07) is 13.2. The Labute approximate surface area is 179 Å². The lowest BCUT2D eigenvalue weighted by molar-refractivity contribution is 0.240. The molecule has 5 nitrogen and oxygen atoms in total. The zero-order valence-corrected chi connectivity index (χ0v) is 17.3. The van der Waals surface area contributed by atoms with E-state index in [0.29, 0.717) is 40.5 Å². The van der Waals surface area contributed by atoms with Gasteiger partial charge in [0.05, 0.1) is 17.3 Å². The molecule has 2 aromatic carbocycles. The molecule has 0 bridgehead atoms. The summed E-state index contributed by atoms with van der Waals surface area (Å²) in [5, 5.41) is 1.33. The van der Waals surface area contributed by atoms with Crippen LogP contribution in [0.25, 0.3) is 22.4 Å². The van der Waals surface area contributed by atoms with Crippen LogP contribution in [0.2, 0.25) is 5.02 Å². The standard InChI is InChI=1S/C24H20ClN3O2/c1-15-2-7-22-20(10-15)23(29)18(14-30-22)13-28-9-8-21-17(12-28)11-26-24(27-21)16-3-5-19(25)6-4-16/h2-7,10-11,14H,8-9,12-13H2,1H3. The van der Waals surface area contributed by atoms with E-state index in [9.17, 15) is 4.79 Å². The van der Waals surface area contributed by atoms with Crippen LogP contribution in [0.5, 0.6) is 0 Å². The number of nitrogens with zero attached hydrogens (tertiary/aromatic N) is 3. The molecule has 0 spiro atoms. The summed E-state index contributed by atoms with van der Waals surface area (Å²) in [4.78, 5) is 24.4. The number of hydrogen-bond acceptors (Lipinski definition) is 5. The van der Waals surface area contributed by atoms with E-state index in [1.807, 2.05) is 55.6 Å². The van der Waals surface area contributed by atoms with Crippen molar-refractivity contribution >= 4 is 22.6 Å². The number of benzene rings is 2. The Morgan fingerprint density at radius 3 is 2.83 bits per heavy atom. The third kappa shape index (κ3) is 3.62. The minimum atomic E-state index is 0.0417. The van der Waals surface area contributed by atoms with E-state index in [1.54, 1.807) is 6.26 Å². The number of halogens is 1. The Morgan fingerprint density at radius 1 is 1.17 bits per heavy atom. The SMILES string of the molecule is Cc1ccc2occ(CN3CCc4nc(-c5ccc(Cl)cc5)ncc4C3)c(=O)c2c1. The lowest BCUT2D eigenvalue weighted by Crippen LogP contribution is -2.32. The van der Waals surface area contributed by atoms with Gasteiger partial charge in [-0.2, -0.15) is 0 Å². The summed E-state index contributed by atoms with van der Waals surface area (Å²) in [7, 11) is 0. The lowest BCUT2D eigenvalue weighted by atomic mass is 10.1. The minimum Gasteiger partial charge on any atom is -0.464 e. The van der Waals surface area contributed by atoms with Crippen LogP contribution in [0.15, 0.2) is 64.1 Å². The molecule has 6 heteroatoms. The van der Waals surface area contributed by atoms with Gasteiger partial charge in [-0.3, -0.25) is 9.69 Å². The molecule has 0 N–H and O–H groups in total. The molecule has 0 saturated carbocycles. The normalized spacial score (nSPS) is 14.1. The first kappa shape index (κ1) is 19.0. The Kier molecular flexibility index (Phi) is 4.85. The highest BCUT2D eigenvalue weighted by molar-refractivity contribution is 6.30. The fourth-order valence-corrected chi connectivity index (χ4v) is 4.01. The van der Waals surface area contributed by atoms with Gasteiger partial charge in [-0.05, 0) is 43.3 Å². The van der Waals surface area contributed by atoms with Gasteiger partial charge in [0.15, 0.2) is 11.3 Å². The van der Waals surface area contributed by atoms with Gasteiger partial charge in [-0.1, -0.05) is 23.2 Å². The largest absolute Gasteiger partial charge is 0.464 e. The highest BCUT2D eigenvalue weighted by Gasteiger charge is 2.20. The Bertz CT molecular complexity index is 1300. The van der Waals surface area contributed by atoms with Gasteiger partial charge in [0.1, 0.15) is 5.58 Å². The molecule has 0 unspecified atom stereocenters. The van der Waals surface area contributed by atoms with Crippen molar-refractivity contribution in [1.82, 2.24) is 14.9 Å². The smallest absolute Gasteiger partial charge is 0.197 e. The maximum atomic E-state index is 12.9. The maximum absolute atomic E-state index is 12.9. The van der Waals surface area contributed by atoms with Gasteiger partial charge in [0, 0.05) is 54.0 Å². The number of aryl methyl sites for hydroxylation is 1. The molecule has 5 rings (SSSR count). The number of hydrogen-bond donors (Lipinski definition) is 0. The number of aromatic nitrogens is 2. The second-order valence-corrected chi connectivity index (χ2v) is 8.16. The summed E-state index contributed by atoms with van der Waals surface area (Å²) < 4.78 is 5.70. The highest BCUT2D eigenvalue weighted by atomic mass is 35.5. The zero-order valence-electron chi connectivity index (χ0n) is 16.6. The second-order valence-electron chi connectivity index (χ2n) is 7.72. The summed E-state index contributed by atoms with van der Waals surface area (Å²) in [6.07, 6.45) is 4.30. The molecule has 0 saturated heterocycles. The van der Waals surface area contributed by atoms with Gasteiger partial charge in [-0.15, -0.1) is 0 Å². The topological polar surface area (TPSA) is 59.2 Å². The van der Waals surface area contributed by atoms with Crippen molar-refractivity contribution in [3.05, 3.63) is 92.6 Å². The molecule has 1 aliphatic heterocycles. The van der Waals surface area contributed by atoms with E-state index in [4.69, 9.17) is 21.0 Å². The van der Waals surface area contributed by atoms with Gasteiger partial charge in [0.25, 0.3) is 0 Å². The van der Waals surface area contributed by atoms with Crippen LogP contribution in [-0.4, -0.2) is 21.4 Å². The fourth-order valence-electron chi connectivity index (χ4n) is 3.88. The van der Waals surface area contributed by atoms with Crippen molar-refractivity contribution in [3.8, 4) is 11.4 Å². The summed E-state index contributed by atoms with van der Waals surface area (Å²) in [5.41, 5.74) is 5.50. The van der Waals surface area contributed by atoms with Crippen LogP contribution in [0.1, 0.15) is 22.4 Å². The van der Waals surface area contributed by atoms with Gasteiger partial charge >= 0.3 is 0 Å². The first-order valence-electron chi connectivity index (χ1n) is 9.91. The monoisotopic (exact) mass is 417 g/mol. The quantitative estimate of drug-likeness (QED) is 0.480. The van der Waals surface area contributed by atoms with Crippen molar-refractivity contribution in [3.63, 3.8) is 0 Å². The molecule has 0 fully saturated rings. The molecule has 0 radical (unpaired) electrons. The predicted molar refractivity (Wildman–Crippen MR) is 118 cm³/mol. The van der Waals surface area contributed by atoms with Crippen molar-refractivity contribution in [1.29, 1.82) is 0 Å². The van der Waals surface area contributed by atoms with Crippen LogP contribution in [-0.2, 0) is 19.5 Å². The molecule has 1 aliphatic rings. The minimum absolute atomic E-state index is 0.0417. The highest BCUT2D eigenvalue weighted by Crippen LogP contribution is 2.23. The Balaban J connectivity index is 1.37. The van der Waals surface area contributed by atoms with E-state index in [2.05, 4.69) is 9.88 Å². The molecule has 0 amide bonds. The molecular formula is C24H20ClN3O2. The Morgan fingerprint density at radius 2 is 2.00 bits per heavy atom. The third-order valence-corrected chi connectivity index (χ3v) is 5.76. The molecule has 4 aromatic rings. The first-order chi connectivity index (χ1) is 14.6. The van der Waals surface area contributed by atoms with E-state index in [0.717, 1.165) is 35.3 Å². The van der Waals surface area contributed by atoms with Crippen LogP contribution in [0, 0.1) is 6.92 Å². The van der Waals surface area contributed by atoms with E-state index >= 15 is 0 Å². The van der Waals surface area contributed by atoms with Crippen molar-refractivity contribution in [2.45, 2.75) is 26.4 Å². The first-order valence-corrected chi connectivity index (χ1v) is 10.3. The molecule has 0 aliphatic carbocycles. The average Bonchev–Trinajstić information content (AvgIpc) is 2.76. The predicted octanol–water partition coefficient (Wildman–Crippen LogP) is 4.77. The molecule has 2 aromatic heterocycles. The van der Waals surface area contributed by atoms with Crippen molar-refractivity contribution in [2.24, 2.45) is 0 Å². The summed E-state index contributed by atoms with van der Waals surface area (Å²) in [5.74, 6) is 0.712. The molecule has 3 heterocycles. The fraction of sp³-hybridized carbons (Fsp3) is 0.208. The van der Waals surface area contributed by atoms with Crippen molar-refractivity contribution in [2.75, 3.05) is 6.54 Å². The third-order valence-electron chi connectivity index (χ3n) is 5.51. The van der Waals surface area contributed by atoms with Crippen LogP contribution in [0.3, 0.4) is 0 Å². The van der Waals surface area contributed by atoms with Crippen LogP contribution >= 0.6 is 11.6 Å². The van der Waals surface area contributed by atoms with Crippen LogP contribution in [0.4, 0.5) is 0 Å². The van der Waals surface area contributed by atoms with E-state index in [-0.39, 0.29) is 5.43 Å². The molecular weight excluding hydrogens is 398 g/mol. The van der Waals surface area contributed by atoms with E-state index < -0.39 is 0 Å². The van der Waals surface area contributed by atoms with Crippen LogP contribution < -0.4 is 5.43 Å². The number of rotatable bonds is 3.